The van der Waals surface area contributed by atoms with Gasteiger partial charge in [0.05, 0.1) is 0 Å². The van der Waals surface area contributed by atoms with E-state index >= 15 is 0 Å². The van der Waals surface area contributed by atoms with E-state index in [4.69, 9.17) is 0 Å². The van der Waals surface area contributed by atoms with Gasteiger partial charge in [-0.1, -0.05) is 24.3 Å². The quantitative estimate of drug-likeness (QED) is 0.838. The van der Waals surface area contributed by atoms with Gasteiger partial charge in [0.1, 0.15) is 5.56 Å². The molecule has 1 aliphatic rings. The molecule has 1 aromatic carbocycles. The summed E-state index contributed by atoms with van der Waals surface area (Å²) < 4.78 is 0. The van der Waals surface area contributed by atoms with E-state index in [1.807, 2.05) is 6.07 Å². The largest absolute Gasteiger partial charge is 0.493 e. The second-order valence-corrected chi connectivity index (χ2v) is 5.86. The molecule has 4 nitrogen and oxygen atoms in total. The summed E-state index contributed by atoms with van der Waals surface area (Å²) in [5.74, 6) is -0.457. The first-order valence-electron chi connectivity index (χ1n) is 7.68. The van der Waals surface area contributed by atoms with Crippen LogP contribution in [0, 0.1) is 6.92 Å². The third kappa shape index (κ3) is 3.11. The third-order valence-corrected chi connectivity index (χ3v) is 4.18. The van der Waals surface area contributed by atoms with Gasteiger partial charge < -0.3 is 10.4 Å². The Balaban J connectivity index is 1.74. The van der Waals surface area contributed by atoms with Gasteiger partial charge in [-0.15, -0.1) is 0 Å². The zero-order valence-electron chi connectivity index (χ0n) is 12.7. The Labute approximate surface area is 130 Å². The van der Waals surface area contributed by atoms with E-state index in [1.54, 1.807) is 19.1 Å². The lowest BCUT2D eigenvalue weighted by Crippen LogP contribution is -2.36. The molecule has 22 heavy (non-hydrogen) atoms. The molecule has 0 saturated heterocycles. The summed E-state index contributed by atoms with van der Waals surface area (Å²) in [5, 5.41) is 12.9. The number of carbonyl (C=O) groups excluding carboxylic acids is 1. The number of hydrogen-bond acceptors (Lipinski definition) is 3. The van der Waals surface area contributed by atoms with Gasteiger partial charge in [-0.05, 0) is 55.9 Å². The Morgan fingerprint density at radius 3 is 2.77 bits per heavy atom. The van der Waals surface area contributed by atoms with Crippen LogP contribution < -0.4 is 5.32 Å². The zero-order chi connectivity index (χ0) is 15.5. The average molecular weight is 296 g/mol. The summed E-state index contributed by atoms with van der Waals surface area (Å²) in [7, 11) is 0. The van der Waals surface area contributed by atoms with E-state index in [0.717, 1.165) is 25.7 Å². The van der Waals surface area contributed by atoms with Crippen LogP contribution in [0.4, 0.5) is 0 Å². The van der Waals surface area contributed by atoms with Crippen LogP contribution in [0.5, 0.6) is 5.88 Å². The number of benzene rings is 1. The fraction of sp³-hybridized carbons (Fsp3) is 0.333. The minimum absolute atomic E-state index is 0.0943. The number of amides is 1. The van der Waals surface area contributed by atoms with Gasteiger partial charge in [-0.25, -0.2) is 4.98 Å². The molecular weight excluding hydrogens is 276 g/mol. The summed E-state index contributed by atoms with van der Waals surface area (Å²) >= 11 is 0. The Morgan fingerprint density at radius 1 is 1.23 bits per heavy atom. The molecule has 1 amide bonds. The number of pyridine rings is 1. The van der Waals surface area contributed by atoms with Crippen molar-refractivity contribution in [3.63, 3.8) is 0 Å². The number of aromatic nitrogens is 1. The van der Waals surface area contributed by atoms with Crippen molar-refractivity contribution in [3.05, 3.63) is 58.8 Å². The molecule has 0 saturated carbocycles. The fourth-order valence-electron chi connectivity index (χ4n) is 3.01. The van der Waals surface area contributed by atoms with Gasteiger partial charge in [-0.2, -0.15) is 0 Å². The molecule has 4 heteroatoms. The van der Waals surface area contributed by atoms with Crippen molar-refractivity contribution < 1.29 is 9.90 Å². The van der Waals surface area contributed by atoms with Gasteiger partial charge >= 0.3 is 0 Å². The number of nitrogens with one attached hydrogen (secondary N) is 1. The lowest BCUT2D eigenvalue weighted by Gasteiger charge is -2.17. The monoisotopic (exact) mass is 296 g/mol. The molecular formula is C18H20N2O2. The van der Waals surface area contributed by atoms with E-state index < -0.39 is 0 Å². The Morgan fingerprint density at radius 2 is 2.00 bits per heavy atom. The summed E-state index contributed by atoms with van der Waals surface area (Å²) in [6.45, 7) is 1.78. The maximum atomic E-state index is 12.4. The van der Waals surface area contributed by atoms with Crippen LogP contribution in [0.25, 0.3) is 0 Å². The van der Waals surface area contributed by atoms with Gasteiger partial charge in [-0.3, -0.25) is 4.79 Å². The molecule has 1 atom stereocenters. The lowest BCUT2D eigenvalue weighted by molar-refractivity contribution is 0.0931. The van der Waals surface area contributed by atoms with Crippen molar-refractivity contribution in [2.75, 3.05) is 0 Å². The number of rotatable bonds is 2. The highest BCUT2D eigenvalue weighted by molar-refractivity contribution is 5.96. The Bertz CT molecular complexity index is 697. The first-order valence-corrected chi connectivity index (χ1v) is 7.68. The molecule has 0 bridgehead atoms. The van der Waals surface area contributed by atoms with E-state index in [-0.39, 0.29) is 23.4 Å². The van der Waals surface area contributed by atoms with Crippen molar-refractivity contribution in [1.29, 1.82) is 0 Å². The van der Waals surface area contributed by atoms with Crippen molar-refractivity contribution in [1.82, 2.24) is 10.3 Å². The minimum atomic E-state index is -0.255. The molecule has 2 aromatic rings. The van der Waals surface area contributed by atoms with E-state index in [2.05, 4.69) is 28.5 Å². The highest BCUT2D eigenvalue weighted by Crippen LogP contribution is 2.21. The summed E-state index contributed by atoms with van der Waals surface area (Å²) in [5.41, 5.74) is 3.61. The van der Waals surface area contributed by atoms with Crippen LogP contribution in [0.2, 0.25) is 0 Å². The third-order valence-electron chi connectivity index (χ3n) is 4.18. The summed E-state index contributed by atoms with van der Waals surface area (Å²) in [6.07, 6.45) is 3.89. The van der Waals surface area contributed by atoms with Gasteiger partial charge in [0, 0.05) is 11.7 Å². The second kappa shape index (κ2) is 6.18. The van der Waals surface area contributed by atoms with E-state index in [0.29, 0.717) is 5.69 Å². The molecule has 1 unspecified atom stereocenters. The molecule has 114 valence electrons. The first kappa shape index (κ1) is 14.6. The van der Waals surface area contributed by atoms with Crippen LogP contribution >= 0.6 is 0 Å². The molecule has 0 fully saturated rings. The van der Waals surface area contributed by atoms with Gasteiger partial charge in [0.2, 0.25) is 5.88 Å². The minimum Gasteiger partial charge on any atom is -0.493 e. The average Bonchev–Trinajstić information content (AvgIpc) is 2.68. The standard InChI is InChI=1S/C18H20N2O2/c1-12-9-10-16(17(21)19-12)18(22)20-15-8-4-7-13-5-2-3-6-14(13)11-15/h2-3,5-6,9-10,15H,4,7-8,11H2,1H3,(H,19,21)(H,20,22). The van der Waals surface area contributed by atoms with E-state index in [1.165, 1.54) is 11.1 Å². The molecule has 1 heterocycles. The molecule has 0 spiro atoms. The number of aryl methyl sites for hydroxylation is 2. The maximum absolute atomic E-state index is 12.4. The summed E-state index contributed by atoms with van der Waals surface area (Å²) in [6, 6.07) is 11.8. The predicted octanol–water partition coefficient (Wildman–Crippen LogP) is 2.77. The molecule has 3 rings (SSSR count). The lowest BCUT2D eigenvalue weighted by atomic mass is 10.0. The number of nitrogens with zero attached hydrogens (tertiary/aromatic N) is 1. The van der Waals surface area contributed by atoms with Crippen LogP contribution in [0.1, 0.15) is 40.0 Å². The Kier molecular flexibility index (Phi) is 4.09. The number of carbonyl (C=O) groups is 1. The highest BCUT2D eigenvalue weighted by atomic mass is 16.3. The predicted molar refractivity (Wildman–Crippen MR) is 85.0 cm³/mol. The zero-order valence-corrected chi connectivity index (χ0v) is 12.7. The smallest absolute Gasteiger partial charge is 0.256 e. The van der Waals surface area contributed by atoms with E-state index in [9.17, 15) is 9.90 Å². The molecule has 2 N–H and O–H groups in total. The number of aromatic hydroxyl groups is 1. The van der Waals surface area contributed by atoms with Gasteiger partial charge in [0.15, 0.2) is 0 Å². The highest BCUT2D eigenvalue weighted by Gasteiger charge is 2.20. The normalized spacial score (nSPS) is 17.4. The topological polar surface area (TPSA) is 62.2 Å². The molecule has 1 aliphatic carbocycles. The Hall–Kier alpha value is -2.36. The SMILES string of the molecule is Cc1ccc(C(=O)NC2CCCc3ccccc3C2)c(O)n1. The summed E-state index contributed by atoms with van der Waals surface area (Å²) in [4.78, 5) is 16.3. The first-order chi connectivity index (χ1) is 10.6. The molecule has 0 radical (unpaired) electrons. The second-order valence-electron chi connectivity index (χ2n) is 5.86. The van der Waals surface area contributed by atoms with Crippen molar-refractivity contribution in [3.8, 4) is 5.88 Å². The number of fused-ring (bicyclic) bond motifs is 1. The number of hydrogen-bond donors (Lipinski definition) is 2. The maximum Gasteiger partial charge on any atom is 0.256 e. The van der Waals surface area contributed by atoms with Crippen LogP contribution in [0.3, 0.4) is 0 Å². The molecule has 1 aromatic heterocycles. The van der Waals surface area contributed by atoms with Crippen molar-refractivity contribution >= 4 is 5.91 Å². The van der Waals surface area contributed by atoms with Crippen LogP contribution in [-0.4, -0.2) is 22.0 Å². The molecule has 0 aliphatic heterocycles. The van der Waals surface area contributed by atoms with Gasteiger partial charge in [0.25, 0.3) is 5.91 Å². The van der Waals surface area contributed by atoms with Crippen molar-refractivity contribution in [2.45, 2.75) is 38.6 Å². The van der Waals surface area contributed by atoms with Crippen molar-refractivity contribution in [2.24, 2.45) is 0 Å². The fourth-order valence-corrected chi connectivity index (χ4v) is 3.01. The van der Waals surface area contributed by atoms with Crippen LogP contribution in [0.15, 0.2) is 36.4 Å². The van der Waals surface area contributed by atoms with Crippen LogP contribution in [-0.2, 0) is 12.8 Å².